The van der Waals surface area contributed by atoms with Crippen molar-refractivity contribution in [2.24, 2.45) is 0 Å². The van der Waals surface area contributed by atoms with E-state index in [4.69, 9.17) is 28.4 Å². The van der Waals surface area contributed by atoms with Gasteiger partial charge in [-0.1, -0.05) is 285 Å². The van der Waals surface area contributed by atoms with E-state index in [9.17, 15) is 38.7 Å². The average molecular weight is 1160 g/mol. The van der Waals surface area contributed by atoms with Gasteiger partial charge in [0.1, 0.15) is 19.8 Å². The van der Waals surface area contributed by atoms with Gasteiger partial charge in [-0.15, -0.1) is 0 Å². The monoisotopic (exact) mass is 1160 g/mol. The zero-order valence-corrected chi connectivity index (χ0v) is 52.9. The zero-order chi connectivity index (χ0) is 58.8. The molecule has 80 heavy (non-hydrogen) atoms. The summed E-state index contributed by atoms with van der Waals surface area (Å²) in [6, 6.07) is 0. The van der Waals surface area contributed by atoms with E-state index < -0.39 is 75.5 Å². The van der Waals surface area contributed by atoms with Gasteiger partial charge in [0.05, 0.1) is 13.2 Å². The van der Waals surface area contributed by atoms with Crippen LogP contribution in [-0.2, 0) is 52.4 Å². The maximum atomic E-state index is 13.5. The second-order valence-corrected chi connectivity index (χ2v) is 24.7. The molecule has 0 radical (unpaired) electrons. The first-order chi connectivity index (χ1) is 38.9. The van der Waals surface area contributed by atoms with E-state index in [0.717, 1.165) is 77.0 Å². The van der Waals surface area contributed by atoms with Crippen molar-refractivity contribution in [1.82, 2.24) is 0 Å². The summed E-state index contributed by atoms with van der Waals surface area (Å²) in [7, 11) is -5.01. The van der Waals surface area contributed by atoms with Crippen LogP contribution in [0.1, 0.15) is 336 Å². The van der Waals surface area contributed by atoms with Crippen LogP contribution in [0.5, 0.6) is 0 Å². The summed E-state index contributed by atoms with van der Waals surface area (Å²) >= 11 is 0. The van der Waals surface area contributed by atoms with Crippen LogP contribution in [0.3, 0.4) is 0 Å². The van der Waals surface area contributed by atoms with Crippen LogP contribution < -0.4 is 0 Å². The molecule has 15 heteroatoms. The van der Waals surface area contributed by atoms with Crippen LogP contribution in [0, 0.1) is 0 Å². The van der Waals surface area contributed by atoms with E-state index in [-0.39, 0.29) is 38.9 Å². The van der Waals surface area contributed by atoms with Gasteiger partial charge in [0.15, 0.2) is 12.2 Å². The first-order valence-electron chi connectivity index (χ1n) is 33.4. The van der Waals surface area contributed by atoms with Crippen LogP contribution in [0.25, 0.3) is 0 Å². The smallest absolute Gasteiger partial charge is 0.443 e. The highest BCUT2D eigenvalue weighted by Crippen LogP contribution is 2.51. The van der Waals surface area contributed by atoms with Crippen molar-refractivity contribution < 1.29 is 67.1 Å². The number of carbonyl (C=O) groups is 5. The van der Waals surface area contributed by atoms with E-state index in [2.05, 4.69) is 27.7 Å². The van der Waals surface area contributed by atoms with Gasteiger partial charge in [-0.3, -0.25) is 24.0 Å². The molecule has 0 fully saturated rings. The maximum Gasteiger partial charge on any atom is 0.443 e. The molecule has 3 N–H and O–H groups in total. The number of ketones is 1. The molecule has 0 bridgehead atoms. The molecule has 472 valence electrons. The van der Waals surface area contributed by atoms with Crippen molar-refractivity contribution >= 4 is 37.6 Å². The third kappa shape index (κ3) is 53.8. The lowest BCUT2D eigenvalue weighted by molar-refractivity contribution is -0.165. The van der Waals surface area contributed by atoms with Gasteiger partial charge in [-0.05, 0) is 25.7 Å². The molecule has 0 aromatic carbocycles. The van der Waals surface area contributed by atoms with Crippen LogP contribution in [0.15, 0.2) is 0 Å². The Kier molecular flexibility index (Phi) is 56.9. The highest BCUT2D eigenvalue weighted by atomic mass is 31.2. The van der Waals surface area contributed by atoms with Gasteiger partial charge in [0, 0.05) is 25.7 Å². The number of esters is 4. The molecule has 14 nitrogen and oxygen atoms in total. The fraction of sp³-hybridized carbons (Fsp3) is 0.923. The second-order valence-electron chi connectivity index (χ2n) is 23.0. The molecule has 0 spiro atoms. The van der Waals surface area contributed by atoms with Gasteiger partial charge >= 0.3 is 37.7 Å². The van der Waals surface area contributed by atoms with E-state index in [1.807, 2.05) is 0 Å². The quantitative estimate of drug-likeness (QED) is 0.0225. The summed E-state index contributed by atoms with van der Waals surface area (Å²) in [4.78, 5) is 96.5. The molecule has 1 unspecified atom stereocenters. The topological polar surface area (TPSA) is 201 Å². The molecule has 0 rings (SSSR count). The normalized spacial score (nSPS) is 12.8. The molecule has 0 aliphatic rings. The standard InChI is InChI=1S/C65H124O14P/c1-5-9-13-17-21-25-29-33-37-41-45-49-61(67)75-54-58(78-63(69)51-47-43-39-35-31-27-23-19-15-11-7-3)53-74-57-60(66)65(80(71,72)73)77-56-59(79-64(70)52-48-44-40-36-32-28-24-20-16-12-8-4)55-76-62(68)50-46-42-38-34-30-26-22-18-14-10-6-2/h58-59,65,71-73H,5-57H2,1-4H3/q+1/t58-,59+,65?/m0/s1. The van der Waals surface area contributed by atoms with E-state index in [1.165, 1.54) is 180 Å². The van der Waals surface area contributed by atoms with Crippen LogP contribution in [0.2, 0.25) is 0 Å². The molecule has 0 aromatic rings. The van der Waals surface area contributed by atoms with E-state index in [0.29, 0.717) is 25.7 Å². The fourth-order valence-electron chi connectivity index (χ4n) is 9.92. The van der Waals surface area contributed by atoms with E-state index in [1.54, 1.807) is 0 Å². The van der Waals surface area contributed by atoms with Crippen molar-refractivity contribution in [3.63, 3.8) is 0 Å². The molecule has 0 aromatic heterocycles. The SMILES string of the molecule is CCCCCCCCCCCCCC(=O)OC[C@H](COC(C(=O)COC[C@@H](COC(=O)CCCCCCCCCCCCC)OC(=O)CCCCCCCCCCCCC)[P+](O)(O)O)OC(=O)CCCCCCCCCCCCC. The second kappa shape index (κ2) is 58.5. The number of rotatable bonds is 63. The molecule has 0 amide bonds. The molecule has 0 aliphatic heterocycles. The maximum absolute atomic E-state index is 13.5. The number of hydrogen-bond acceptors (Lipinski definition) is 14. The Hall–Kier alpha value is -2.22. The van der Waals surface area contributed by atoms with Gasteiger partial charge < -0.3 is 28.4 Å². The fourth-order valence-corrected chi connectivity index (χ4v) is 10.7. The minimum Gasteiger partial charge on any atom is -0.462 e. The van der Waals surface area contributed by atoms with Crippen LogP contribution in [0.4, 0.5) is 0 Å². The van der Waals surface area contributed by atoms with Crippen molar-refractivity contribution in [3.05, 3.63) is 0 Å². The molecular formula is C65H124O14P+. The van der Waals surface area contributed by atoms with Gasteiger partial charge in [-0.2, -0.15) is 14.7 Å². The van der Waals surface area contributed by atoms with Gasteiger partial charge in [0.25, 0.3) is 0 Å². The molecule has 3 atom stereocenters. The average Bonchev–Trinajstić information content (AvgIpc) is 3.43. The van der Waals surface area contributed by atoms with Gasteiger partial charge in [-0.25, -0.2) is 0 Å². The lowest BCUT2D eigenvalue weighted by atomic mass is 10.1. The Morgan fingerprint density at radius 3 is 0.812 bits per heavy atom. The van der Waals surface area contributed by atoms with Crippen LogP contribution in [-0.4, -0.2) is 95.4 Å². The summed E-state index contributed by atoms with van der Waals surface area (Å²) in [5.74, 6) is -5.16. The summed E-state index contributed by atoms with van der Waals surface area (Å²) in [6.45, 7) is 6.44. The van der Waals surface area contributed by atoms with E-state index >= 15 is 0 Å². The van der Waals surface area contributed by atoms with Crippen LogP contribution >= 0.6 is 7.94 Å². The summed E-state index contributed by atoms with van der Waals surface area (Å²) in [5, 5.41) is 0. The summed E-state index contributed by atoms with van der Waals surface area (Å²) in [6.07, 6.45) is 48.3. The summed E-state index contributed by atoms with van der Waals surface area (Å²) in [5.41, 5.74) is 0. The third-order valence-corrected chi connectivity index (χ3v) is 16.0. The molecule has 0 heterocycles. The number of ether oxygens (including phenoxy) is 6. The minimum atomic E-state index is -5.01. The predicted octanol–water partition coefficient (Wildman–Crippen LogP) is 17.4. The highest BCUT2D eigenvalue weighted by Gasteiger charge is 2.50. The van der Waals surface area contributed by atoms with Crippen molar-refractivity contribution in [2.75, 3.05) is 33.0 Å². The first kappa shape index (κ1) is 77.8. The molecule has 0 saturated carbocycles. The Morgan fingerprint density at radius 1 is 0.312 bits per heavy atom. The number of hydrogen-bond donors (Lipinski definition) is 3. The third-order valence-electron chi connectivity index (χ3n) is 15.0. The minimum absolute atomic E-state index is 0.118. The summed E-state index contributed by atoms with van der Waals surface area (Å²) < 4.78 is 33.6. The van der Waals surface area contributed by atoms with Crippen molar-refractivity contribution in [2.45, 2.75) is 354 Å². The Bertz CT molecular complexity index is 1430. The van der Waals surface area contributed by atoms with Crippen molar-refractivity contribution in [1.29, 1.82) is 0 Å². The number of unbranched alkanes of at least 4 members (excludes halogenated alkanes) is 40. The number of Topliss-reactive ketones (excluding diaryl/α,β-unsaturated/α-hetero) is 1. The zero-order valence-electron chi connectivity index (χ0n) is 52.0. The largest absolute Gasteiger partial charge is 0.462 e. The molecule has 0 aliphatic carbocycles. The Labute approximate surface area is 489 Å². The first-order valence-corrected chi connectivity index (χ1v) is 35.1. The number of carbonyl (C=O) groups excluding carboxylic acids is 5. The Morgan fingerprint density at radius 2 is 0.550 bits per heavy atom. The molecular weight excluding hydrogens is 1040 g/mol. The Balaban J connectivity index is 5.48. The van der Waals surface area contributed by atoms with Gasteiger partial charge in [0.2, 0.25) is 5.78 Å². The molecule has 0 saturated heterocycles. The lowest BCUT2D eigenvalue weighted by Gasteiger charge is -2.22. The van der Waals surface area contributed by atoms with Crippen molar-refractivity contribution in [3.8, 4) is 0 Å². The predicted molar refractivity (Wildman–Crippen MR) is 325 cm³/mol. The lowest BCUT2D eigenvalue weighted by Crippen LogP contribution is -2.37. The highest BCUT2D eigenvalue weighted by molar-refractivity contribution is 7.60.